The predicted octanol–water partition coefficient (Wildman–Crippen LogP) is 3.86. The Morgan fingerprint density at radius 1 is 0.968 bits per heavy atom. The fourth-order valence-electron chi connectivity index (χ4n) is 5.15. The first kappa shape index (κ1) is 20.5. The zero-order valence-electron chi connectivity index (χ0n) is 18.3. The average molecular weight is 440 g/mol. The van der Waals surface area contributed by atoms with Gasteiger partial charge < -0.3 is 4.90 Å². The number of piperidine rings is 1. The van der Waals surface area contributed by atoms with Crippen LogP contribution in [0.5, 0.6) is 0 Å². The lowest BCUT2D eigenvalue weighted by molar-refractivity contribution is -0.0678. The number of benzene rings is 2. The minimum atomic E-state index is -3.43. The molecular weight excluding hydrogens is 410 g/mol. The zero-order chi connectivity index (χ0) is 21.9. The molecule has 3 aliphatic heterocycles. The summed E-state index contributed by atoms with van der Waals surface area (Å²) in [6.07, 6.45) is 5.07. The number of hydrogen-bond donors (Lipinski definition) is 1. The summed E-state index contributed by atoms with van der Waals surface area (Å²) in [5, 5.41) is 0. The third-order valence-electron chi connectivity index (χ3n) is 7.11. The van der Waals surface area contributed by atoms with E-state index in [1.165, 1.54) is 5.56 Å². The number of likely N-dealkylation sites (N-methyl/N-ethyl adjacent to an activating group) is 1. The van der Waals surface area contributed by atoms with E-state index in [4.69, 9.17) is 4.84 Å². The monoisotopic (exact) mass is 439 g/mol. The van der Waals surface area contributed by atoms with Crippen LogP contribution in [0.3, 0.4) is 0 Å². The van der Waals surface area contributed by atoms with Gasteiger partial charge in [0.25, 0.3) is 0 Å². The molecule has 0 unspecified atom stereocenters. The van der Waals surface area contributed by atoms with Gasteiger partial charge >= 0.3 is 0 Å². The van der Waals surface area contributed by atoms with Gasteiger partial charge in [-0.3, -0.25) is 5.48 Å². The number of sulfonamides is 1. The molecule has 1 saturated heterocycles. The molecule has 0 amide bonds. The van der Waals surface area contributed by atoms with Crippen molar-refractivity contribution in [2.75, 3.05) is 25.0 Å². The number of hydrogen-bond acceptors (Lipinski definition) is 5. The topological polar surface area (TPSA) is 61.9 Å². The van der Waals surface area contributed by atoms with Crippen molar-refractivity contribution in [3.05, 3.63) is 65.7 Å². The van der Waals surface area contributed by atoms with E-state index in [9.17, 15) is 8.42 Å². The molecule has 3 heterocycles. The molecule has 2 aromatic carbocycles. The quantitative estimate of drug-likeness (QED) is 0.787. The van der Waals surface area contributed by atoms with Crippen molar-refractivity contribution >= 4 is 21.4 Å². The summed E-state index contributed by atoms with van der Waals surface area (Å²) in [6.45, 7) is 5.58. The van der Waals surface area contributed by atoms with Crippen LogP contribution in [-0.4, -0.2) is 38.6 Å². The second-order valence-corrected chi connectivity index (χ2v) is 11.1. The number of rotatable bonds is 3. The van der Waals surface area contributed by atoms with Gasteiger partial charge in [-0.1, -0.05) is 50.6 Å². The van der Waals surface area contributed by atoms with Gasteiger partial charge in [0.15, 0.2) is 5.72 Å². The van der Waals surface area contributed by atoms with Crippen LogP contribution in [0.2, 0.25) is 0 Å². The molecule has 1 spiro atoms. The lowest BCUT2D eigenvalue weighted by atomic mass is 9.77. The summed E-state index contributed by atoms with van der Waals surface area (Å²) in [5.74, 6) is 0. The molecule has 1 N–H and O–H groups in total. The summed E-state index contributed by atoms with van der Waals surface area (Å²) in [5.41, 5.74) is 6.30. The molecule has 2 aromatic rings. The SMILES string of the molecule is CN1c2ccccc2C(C)(C)[C@]12C=C(c1ccc(S(=O)(=O)N3CCCCC3)cc1)NO2. The third kappa shape index (κ3) is 2.94. The van der Waals surface area contributed by atoms with Crippen LogP contribution in [0.25, 0.3) is 5.70 Å². The summed E-state index contributed by atoms with van der Waals surface area (Å²) < 4.78 is 27.5. The van der Waals surface area contributed by atoms with Crippen molar-refractivity contribution in [1.82, 2.24) is 9.79 Å². The number of hydroxylamine groups is 1. The minimum absolute atomic E-state index is 0.273. The van der Waals surface area contributed by atoms with E-state index < -0.39 is 15.7 Å². The molecule has 31 heavy (non-hydrogen) atoms. The van der Waals surface area contributed by atoms with Gasteiger partial charge in [-0.25, -0.2) is 13.3 Å². The summed E-state index contributed by atoms with van der Waals surface area (Å²) in [6, 6.07) is 15.5. The van der Waals surface area contributed by atoms with Crippen molar-refractivity contribution < 1.29 is 13.3 Å². The van der Waals surface area contributed by atoms with E-state index in [1.54, 1.807) is 16.4 Å². The van der Waals surface area contributed by atoms with Crippen LogP contribution >= 0.6 is 0 Å². The Morgan fingerprint density at radius 2 is 1.65 bits per heavy atom. The Balaban J connectivity index is 1.46. The lowest BCUT2D eigenvalue weighted by Gasteiger charge is -2.39. The van der Waals surface area contributed by atoms with E-state index in [0.29, 0.717) is 18.0 Å². The Kier molecular flexibility index (Phi) is 4.70. The van der Waals surface area contributed by atoms with Crippen LogP contribution in [0.4, 0.5) is 5.69 Å². The molecule has 0 radical (unpaired) electrons. The smallest absolute Gasteiger partial charge is 0.243 e. The molecule has 5 rings (SSSR count). The highest BCUT2D eigenvalue weighted by Gasteiger charge is 2.58. The standard InChI is InChI=1S/C24H29N3O3S/c1-23(2)20-9-5-6-10-22(20)26(3)24(23)17-21(25-30-24)18-11-13-19(14-12-18)31(28,29)27-15-7-4-8-16-27/h5-6,9-14,17,25H,4,7-8,15-16H2,1-3H3/t24-/m1/s1. The maximum atomic E-state index is 12.9. The van der Waals surface area contributed by atoms with Gasteiger partial charge in [-0.15, -0.1) is 0 Å². The fraction of sp³-hybridized carbons (Fsp3) is 0.417. The highest BCUT2D eigenvalue weighted by atomic mass is 32.2. The molecule has 1 fully saturated rings. The first-order valence-electron chi connectivity index (χ1n) is 10.9. The normalized spacial score (nSPS) is 25.4. The van der Waals surface area contributed by atoms with E-state index in [0.717, 1.165) is 36.2 Å². The minimum Gasteiger partial charge on any atom is -0.340 e. The van der Waals surface area contributed by atoms with Crippen LogP contribution in [-0.2, 0) is 20.3 Å². The van der Waals surface area contributed by atoms with Gasteiger partial charge in [0.2, 0.25) is 10.0 Å². The largest absolute Gasteiger partial charge is 0.340 e. The molecule has 0 saturated carbocycles. The first-order valence-corrected chi connectivity index (χ1v) is 12.3. The van der Waals surface area contributed by atoms with Crippen LogP contribution in [0, 0.1) is 0 Å². The second-order valence-electron chi connectivity index (χ2n) is 9.15. The lowest BCUT2D eigenvalue weighted by Crippen LogP contribution is -2.54. The number of anilines is 1. The maximum absolute atomic E-state index is 12.9. The Bertz CT molecular complexity index is 1130. The number of nitrogens with zero attached hydrogens (tertiary/aromatic N) is 2. The predicted molar refractivity (Wildman–Crippen MR) is 122 cm³/mol. The van der Waals surface area contributed by atoms with Crippen molar-refractivity contribution in [2.45, 2.75) is 49.1 Å². The molecule has 0 aromatic heterocycles. The van der Waals surface area contributed by atoms with Gasteiger partial charge in [-0.2, -0.15) is 4.31 Å². The van der Waals surface area contributed by atoms with Crippen molar-refractivity contribution in [1.29, 1.82) is 0 Å². The number of fused-ring (bicyclic) bond motifs is 1. The van der Waals surface area contributed by atoms with Gasteiger partial charge in [0.05, 0.1) is 10.6 Å². The molecule has 7 heteroatoms. The highest BCUT2D eigenvalue weighted by Crippen LogP contribution is 2.54. The van der Waals surface area contributed by atoms with Crippen LogP contribution in [0.15, 0.2) is 59.5 Å². The summed E-state index contributed by atoms with van der Waals surface area (Å²) in [4.78, 5) is 8.74. The maximum Gasteiger partial charge on any atom is 0.243 e. The second kappa shape index (κ2) is 7.08. The summed E-state index contributed by atoms with van der Waals surface area (Å²) in [7, 11) is -1.39. The van der Waals surface area contributed by atoms with Crippen molar-refractivity contribution in [3.63, 3.8) is 0 Å². The molecule has 0 aliphatic carbocycles. The van der Waals surface area contributed by atoms with Gasteiger partial charge in [-0.05, 0) is 48.2 Å². The number of para-hydroxylation sites is 1. The molecule has 0 bridgehead atoms. The third-order valence-corrected chi connectivity index (χ3v) is 9.02. The Hall–Kier alpha value is -2.35. The molecular formula is C24H29N3O3S. The van der Waals surface area contributed by atoms with Crippen LogP contribution < -0.4 is 10.4 Å². The molecule has 1 atom stereocenters. The Morgan fingerprint density at radius 3 is 2.32 bits per heavy atom. The molecule has 164 valence electrons. The molecule has 6 nitrogen and oxygen atoms in total. The van der Waals surface area contributed by atoms with Gasteiger partial charge in [0, 0.05) is 31.2 Å². The summed E-state index contributed by atoms with van der Waals surface area (Å²) >= 11 is 0. The van der Waals surface area contributed by atoms with Crippen molar-refractivity contribution in [3.8, 4) is 0 Å². The average Bonchev–Trinajstić information content (AvgIpc) is 3.32. The van der Waals surface area contributed by atoms with E-state index in [2.05, 4.69) is 48.5 Å². The van der Waals surface area contributed by atoms with Crippen LogP contribution in [0.1, 0.15) is 44.2 Å². The zero-order valence-corrected chi connectivity index (χ0v) is 19.1. The van der Waals surface area contributed by atoms with Gasteiger partial charge in [0.1, 0.15) is 0 Å². The first-order chi connectivity index (χ1) is 14.8. The highest BCUT2D eigenvalue weighted by molar-refractivity contribution is 7.89. The van der Waals surface area contributed by atoms with E-state index >= 15 is 0 Å². The van der Waals surface area contributed by atoms with Crippen molar-refractivity contribution in [2.24, 2.45) is 0 Å². The van der Waals surface area contributed by atoms with E-state index in [1.807, 2.05) is 25.2 Å². The van der Waals surface area contributed by atoms with E-state index in [-0.39, 0.29) is 5.41 Å². The fourth-order valence-corrected chi connectivity index (χ4v) is 6.67. The Labute approximate surface area is 184 Å². The molecule has 3 aliphatic rings. The number of nitrogens with one attached hydrogen (secondary N) is 1.